The minimum Gasteiger partial charge on any atom is -0.330 e. The summed E-state index contributed by atoms with van der Waals surface area (Å²) in [7, 11) is 0. The van der Waals surface area contributed by atoms with E-state index in [1.54, 1.807) is 6.07 Å². The van der Waals surface area contributed by atoms with Gasteiger partial charge in [-0.1, -0.05) is 46.3 Å². The van der Waals surface area contributed by atoms with Crippen LogP contribution in [-0.4, -0.2) is 26.7 Å². The van der Waals surface area contributed by atoms with E-state index in [0.717, 1.165) is 36.2 Å². The fourth-order valence-electron chi connectivity index (χ4n) is 4.95. The van der Waals surface area contributed by atoms with E-state index in [2.05, 4.69) is 41.1 Å². The molecule has 1 fully saturated rings. The molecule has 4 nitrogen and oxygen atoms in total. The Labute approximate surface area is 200 Å². The molecule has 0 bridgehead atoms. The lowest BCUT2D eigenvalue weighted by molar-refractivity contribution is 0.0671. The standard InChI is InChI=1S/C27H23BrFN3O/c1-16-22-5-3-2-4-17(22)10-11-31(16)27(33)25-14-21-12-19(23-9-8-20(28)13-24(23)29)15-32(21)26(30-25)18-6-7-18/h2-5,8-9,12-16,18H,6-7,10-11H2,1H3/t16-/m1/s1. The van der Waals surface area contributed by atoms with Crippen LogP contribution >= 0.6 is 15.9 Å². The Morgan fingerprint density at radius 3 is 2.73 bits per heavy atom. The smallest absolute Gasteiger partial charge is 0.273 e. The topological polar surface area (TPSA) is 37.6 Å². The van der Waals surface area contributed by atoms with Crippen molar-refractivity contribution in [2.24, 2.45) is 0 Å². The number of fused-ring (bicyclic) bond motifs is 2. The Bertz CT molecular complexity index is 1410. The van der Waals surface area contributed by atoms with Crippen LogP contribution in [0.15, 0.2) is 65.3 Å². The van der Waals surface area contributed by atoms with Gasteiger partial charge in [-0.2, -0.15) is 0 Å². The molecule has 166 valence electrons. The molecule has 0 spiro atoms. The van der Waals surface area contributed by atoms with E-state index in [9.17, 15) is 9.18 Å². The largest absolute Gasteiger partial charge is 0.330 e. The normalized spacial score (nSPS) is 17.9. The summed E-state index contributed by atoms with van der Waals surface area (Å²) in [5.41, 5.74) is 5.18. The van der Waals surface area contributed by atoms with E-state index in [1.807, 2.05) is 39.8 Å². The molecule has 0 saturated heterocycles. The fourth-order valence-corrected chi connectivity index (χ4v) is 5.28. The van der Waals surface area contributed by atoms with Gasteiger partial charge in [0.15, 0.2) is 0 Å². The summed E-state index contributed by atoms with van der Waals surface area (Å²) < 4.78 is 17.4. The Balaban J connectivity index is 1.41. The molecule has 1 aliphatic carbocycles. The van der Waals surface area contributed by atoms with Crippen LogP contribution in [0, 0.1) is 5.82 Å². The van der Waals surface area contributed by atoms with Crippen molar-refractivity contribution in [3.63, 3.8) is 0 Å². The monoisotopic (exact) mass is 503 g/mol. The van der Waals surface area contributed by atoms with Gasteiger partial charge in [0, 0.05) is 39.8 Å². The van der Waals surface area contributed by atoms with Crippen molar-refractivity contribution in [3.8, 4) is 11.1 Å². The highest BCUT2D eigenvalue weighted by Gasteiger charge is 2.32. The molecule has 6 heteroatoms. The van der Waals surface area contributed by atoms with Gasteiger partial charge in [-0.3, -0.25) is 4.79 Å². The van der Waals surface area contributed by atoms with Crippen molar-refractivity contribution in [1.29, 1.82) is 0 Å². The molecule has 4 aromatic rings. The van der Waals surface area contributed by atoms with Gasteiger partial charge >= 0.3 is 0 Å². The van der Waals surface area contributed by atoms with E-state index in [4.69, 9.17) is 4.98 Å². The number of aromatic nitrogens is 2. The number of carbonyl (C=O) groups excluding carboxylic acids is 1. The molecule has 0 N–H and O–H groups in total. The Hall–Kier alpha value is -2.99. The first kappa shape index (κ1) is 20.6. The van der Waals surface area contributed by atoms with Crippen molar-refractivity contribution < 1.29 is 9.18 Å². The molecular formula is C27H23BrFN3O. The van der Waals surface area contributed by atoms with Crippen LogP contribution in [0.5, 0.6) is 0 Å². The molecule has 2 aromatic heterocycles. The summed E-state index contributed by atoms with van der Waals surface area (Å²) >= 11 is 3.32. The number of hydrogen-bond acceptors (Lipinski definition) is 2. The van der Waals surface area contributed by atoms with Gasteiger partial charge in [-0.15, -0.1) is 0 Å². The molecule has 0 unspecified atom stereocenters. The van der Waals surface area contributed by atoms with Gasteiger partial charge in [-0.25, -0.2) is 9.37 Å². The minimum atomic E-state index is -0.279. The SMILES string of the molecule is C[C@@H]1c2ccccc2CCN1C(=O)c1cc2cc(-c3ccc(Br)cc3F)cn2c(C2CC2)n1. The lowest BCUT2D eigenvalue weighted by Crippen LogP contribution is -2.39. The fraction of sp³-hybridized carbons (Fsp3) is 0.259. The number of hydrogen-bond donors (Lipinski definition) is 0. The zero-order valence-corrected chi connectivity index (χ0v) is 19.8. The Morgan fingerprint density at radius 1 is 1.12 bits per heavy atom. The molecular weight excluding hydrogens is 481 g/mol. The van der Waals surface area contributed by atoms with Crippen LogP contribution in [0.2, 0.25) is 0 Å². The summed E-state index contributed by atoms with van der Waals surface area (Å²) in [4.78, 5) is 20.4. The zero-order valence-electron chi connectivity index (χ0n) is 18.3. The highest BCUT2D eigenvalue weighted by molar-refractivity contribution is 9.10. The van der Waals surface area contributed by atoms with Crippen molar-refractivity contribution in [2.45, 2.75) is 38.1 Å². The number of halogens is 2. The van der Waals surface area contributed by atoms with E-state index < -0.39 is 0 Å². The first-order valence-corrected chi connectivity index (χ1v) is 12.2. The second kappa shape index (κ2) is 7.80. The predicted molar refractivity (Wildman–Crippen MR) is 130 cm³/mol. The molecule has 33 heavy (non-hydrogen) atoms. The highest BCUT2D eigenvalue weighted by atomic mass is 79.9. The van der Waals surface area contributed by atoms with Gasteiger partial charge in [0.1, 0.15) is 17.3 Å². The van der Waals surface area contributed by atoms with Crippen LogP contribution < -0.4 is 0 Å². The zero-order chi connectivity index (χ0) is 22.7. The Kier molecular flexibility index (Phi) is 4.87. The molecule has 0 radical (unpaired) electrons. The molecule has 1 aliphatic heterocycles. The molecule has 3 heterocycles. The second-order valence-corrected chi connectivity index (χ2v) is 9.96. The first-order chi connectivity index (χ1) is 16.0. The maximum atomic E-state index is 14.6. The third kappa shape index (κ3) is 3.57. The molecule has 2 aliphatic rings. The number of nitrogens with zero attached hydrogens (tertiary/aromatic N) is 3. The van der Waals surface area contributed by atoms with Crippen molar-refractivity contribution in [1.82, 2.24) is 14.3 Å². The van der Waals surface area contributed by atoms with Gasteiger partial charge in [0.2, 0.25) is 0 Å². The van der Waals surface area contributed by atoms with Crippen molar-refractivity contribution >= 4 is 27.4 Å². The summed E-state index contributed by atoms with van der Waals surface area (Å²) in [5, 5.41) is 0. The third-order valence-corrected chi connectivity index (χ3v) is 7.37. The number of carbonyl (C=O) groups is 1. The molecule has 2 aromatic carbocycles. The average molecular weight is 504 g/mol. The number of rotatable bonds is 3. The summed E-state index contributed by atoms with van der Waals surface area (Å²) in [5.74, 6) is 0.914. The van der Waals surface area contributed by atoms with Gasteiger partial charge < -0.3 is 9.30 Å². The predicted octanol–water partition coefficient (Wildman–Crippen LogP) is 6.54. The molecule has 6 rings (SSSR count). The maximum Gasteiger partial charge on any atom is 0.273 e. The van der Waals surface area contributed by atoms with E-state index in [0.29, 0.717) is 28.2 Å². The first-order valence-electron chi connectivity index (χ1n) is 11.4. The van der Waals surface area contributed by atoms with E-state index in [-0.39, 0.29) is 17.8 Å². The van der Waals surface area contributed by atoms with Gasteiger partial charge in [-0.05, 0) is 61.6 Å². The molecule has 1 amide bonds. The third-order valence-electron chi connectivity index (χ3n) is 6.88. The molecule has 1 atom stereocenters. The maximum absolute atomic E-state index is 14.6. The lowest BCUT2D eigenvalue weighted by Gasteiger charge is -2.35. The lowest BCUT2D eigenvalue weighted by atomic mass is 9.93. The van der Waals surface area contributed by atoms with E-state index >= 15 is 0 Å². The summed E-state index contributed by atoms with van der Waals surface area (Å²) in [6.45, 7) is 2.76. The molecule has 1 saturated carbocycles. The van der Waals surface area contributed by atoms with Gasteiger partial charge in [0.25, 0.3) is 5.91 Å². The quantitative estimate of drug-likeness (QED) is 0.318. The Morgan fingerprint density at radius 2 is 1.94 bits per heavy atom. The highest BCUT2D eigenvalue weighted by Crippen LogP contribution is 2.40. The van der Waals surface area contributed by atoms with Crippen molar-refractivity contribution in [2.75, 3.05) is 6.54 Å². The van der Waals surface area contributed by atoms with Crippen LogP contribution in [0.3, 0.4) is 0 Å². The van der Waals surface area contributed by atoms with E-state index in [1.165, 1.54) is 17.2 Å². The number of amides is 1. The van der Waals surface area contributed by atoms with Gasteiger partial charge in [0.05, 0.1) is 6.04 Å². The van der Waals surface area contributed by atoms with Crippen molar-refractivity contribution in [3.05, 3.63) is 93.7 Å². The average Bonchev–Trinajstić information content (AvgIpc) is 3.57. The summed E-state index contributed by atoms with van der Waals surface area (Å²) in [6.07, 6.45) is 4.92. The second-order valence-electron chi connectivity index (χ2n) is 9.05. The van der Waals surface area contributed by atoms with Crippen LogP contribution in [0.4, 0.5) is 4.39 Å². The summed E-state index contributed by atoms with van der Waals surface area (Å²) in [6, 6.07) is 17.2. The minimum absolute atomic E-state index is 0.00376. The van der Waals surface area contributed by atoms with Crippen LogP contribution in [0.1, 0.15) is 59.2 Å². The van der Waals surface area contributed by atoms with Crippen LogP contribution in [-0.2, 0) is 6.42 Å². The number of benzene rings is 2. The van der Waals surface area contributed by atoms with Crippen LogP contribution in [0.25, 0.3) is 16.6 Å².